The topological polar surface area (TPSA) is 138 Å². The molecular weight excluding hydrogens is 350 g/mol. The van der Waals surface area contributed by atoms with Gasteiger partial charge in [0.05, 0.1) is 22.3 Å². The van der Waals surface area contributed by atoms with Gasteiger partial charge in [-0.1, -0.05) is 12.1 Å². The third-order valence-corrected chi connectivity index (χ3v) is 3.85. The van der Waals surface area contributed by atoms with Gasteiger partial charge >= 0.3 is 5.69 Å². The van der Waals surface area contributed by atoms with Crippen molar-refractivity contribution in [1.29, 1.82) is 0 Å². The number of carbonyl (C=O) groups excluding carboxylic acids is 2. The maximum Gasteiger partial charge on any atom is 0.323 e. The normalized spacial score (nSPS) is 10.7. The number of H-pyrrole nitrogens is 2. The number of nitrogens with one attached hydrogen (secondary N) is 4. The first kappa shape index (κ1) is 16.3. The van der Waals surface area contributed by atoms with Crippen molar-refractivity contribution in [2.45, 2.75) is 0 Å². The Hall–Kier alpha value is -4.21. The second-order valence-corrected chi connectivity index (χ2v) is 5.65. The third kappa shape index (κ3) is 3.31. The molecule has 0 spiro atoms. The van der Waals surface area contributed by atoms with Gasteiger partial charge in [0.2, 0.25) is 0 Å². The summed E-state index contributed by atoms with van der Waals surface area (Å²) in [4.78, 5) is 41.6. The Morgan fingerprint density at radius 2 is 1.67 bits per heavy atom. The minimum Gasteiger partial charge on any atom is -0.321 e. The summed E-state index contributed by atoms with van der Waals surface area (Å²) in [6, 6.07) is 11.4. The number of imidazole rings is 1. The lowest BCUT2D eigenvalue weighted by atomic mass is 10.1. The van der Waals surface area contributed by atoms with E-state index in [2.05, 4.69) is 30.9 Å². The lowest BCUT2D eigenvalue weighted by Crippen LogP contribution is -2.23. The first-order chi connectivity index (χ1) is 13.1. The minimum absolute atomic E-state index is 0.274. The van der Waals surface area contributed by atoms with E-state index in [1.165, 1.54) is 17.3 Å². The van der Waals surface area contributed by atoms with Crippen molar-refractivity contribution < 1.29 is 9.59 Å². The van der Waals surface area contributed by atoms with Gasteiger partial charge in [-0.2, -0.15) is 0 Å². The van der Waals surface area contributed by atoms with Gasteiger partial charge in [-0.15, -0.1) is 10.2 Å². The van der Waals surface area contributed by atoms with E-state index < -0.39 is 11.8 Å². The number of hydrogen-bond donors (Lipinski definition) is 4. The molecule has 134 valence electrons. The molecule has 2 aromatic heterocycles. The number of aromatic amines is 2. The number of aromatic nitrogens is 5. The molecule has 10 nitrogen and oxygen atoms in total. The highest BCUT2D eigenvalue weighted by Crippen LogP contribution is 2.18. The SMILES string of the molecule is O=C(Nc1ccccc1C(=O)Nn1cnnc1)c1ccc2[nH]c(=O)[nH]c2c1. The van der Waals surface area contributed by atoms with Crippen molar-refractivity contribution in [1.82, 2.24) is 24.8 Å². The van der Waals surface area contributed by atoms with Crippen LogP contribution in [0.3, 0.4) is 0 Å². The smallest absolute Gasteiger partial charge is 0.321 e. The Balaban J connectivity index is 1.58. The van der Waals surface area contributed by atoms with Gasteiger partial charge in [0.25, 0.3) is 11.8 Å². The van der Waals surface area contributed by atoms with Crippen LogP contribution in [0.15, 0.2) is 59.9 Å². The summed E-state index contributed by atoms with van der Waals surface area (Å²) in [7, 11) is 0. The van der Waals surface area contributed by atoms with Crippen molar-refractivity contribution in [2.75, 3.05) is 10.7 Å². The maximum atomic E-state index is 12.6. The summed E-state index contributed by atoms with van der Waals surface area (Å²) in [6.07, 6.45) is 2.68. The number of para-hydroxylation sites is 1. The van der Waals surface area contributed by atoms with E-state index in [0.717, 1.165) is 0 Å². The molecule has 0 aliphatic carbocycles. The molecule has 0 unspecified atom stereocenters. The molecule has 0 radical (unpaired) electrons. The largest absolute Gasteiger partial charge is 0.323 e. The number of fused-ring (bicyclic) bond motifs is 1. The molecule has 27 heavy (non-hydrogen) atoms. The van der Waals surface area contributed by atoms with Crippen LogP contribution in [0.25, 0.3) is 11.0 Å². The molecule has 4 rings (SSSR count). The highest BCUT2D eigenvalue weighted by Gasteiger charge is 2.15. The maximum absolute atomic E-state index is 12.6. The van der Waals surface area contributed by atoms with E-state index in [1.807, 2.05) is 0 Å². The van der Waals surface area contributed by atoms with E-state index in [-0.39, 0.29) is 11.3 Å². The molecule has 0 aliphatic heterocycles. The predicted molar refractivity (Wildman–Crippen MR) is 97.0 cm³/mol. The van der Waals surface area contributed by atoms with Crippen LogP contribution in [0.4, 0.5) is 5.69 Å². The first-order valence-electron chi connectivity index (χ1n) is 7.88. The molecule has 4 aromatic rings. The average molecular weight is 363 g/mol. The van der Waals surface area contributed by atoms with Gasteiger partial charge in [-0.3, -0.25) is 15.0 Å². The highest BCUT2D eigenvalue weighted by atomic mass is 16.2. The molecule has 2 aromatic carbocycles. The summed E-state index contributed by atoms with van der Waals surface area (Å²) >= 11 is 0. The summed E-state index contributed by atoms with van der Waals surface area (Å²) in [5, 5.41) is 9.93. The van der Waals surface area contributed by atoms with E-state index in [9.17, 15) is 14.4 Å². The molecule has 2 heterocycles. The van der Waals surface area contributed by atoms with Crippen LogP contribution in [0.1, 0.15) is 20.7 Å². The summed E-state index contributed by atoms with van der Waals surface area (Å²) < 4.78 is 1.30. The van der Waals surface area contributed by atoms with E-state index in [4.69, 9.17) is 0 Å². The van der Waals surface area contributed by atoms with Crippen molar-refractivity contribution >= 4 is 28.5 Å². The molecule has 0 fully saturated rings. The first-order valence-corrected chi connectivity index (χ1v) is 7.88. The lowest BCUT2D eigenvalue weighted by Gasteiger charge is -2.11. The van der Waals surface area contributed by atoms with Crippen LogP contribution in [0.2, 0.25) is 0 Å². The Bertz CT molecular complexity index is 1190. The fraction of sp³-hybridized carbons (Fsp3) is 0. The second kappa shape index (κ2) is 6.59. The number of rotatable bonds is 4. The molecular formula is C17H13N7O3. The number of carbonyl (C=O) groups is 2. The highest BCUT2D eigenvalue weighted by molar-refractivity contribution is 6.11. The van der Waals surface area contributed by atoms with Gasteiger partial charge in [0.15, 0.2) is 0 Å². The monoisotopic (exact) mass is 363 g/mol. The van der Waals surface area contributed by atoms with E-state index >= 15 is 0 Å². The van der Waals surface area contributed by atoms with Crippen LogP contribution >= 0.6 is 0 Å². The minimum atomic E-state index is -0.434. The molecule has 0 saturated heterocycles. The summed E-state index contributed by atoms with van der Waals surface area (Å²) in [5.41, 5.74) is 4.31. The Kier molecular flexibility index (Phi) is 3.97. The van der Waals surface area contributed by atoms with Gasteiger partial charge < -0.3 is 15.3 Å². The fourth-order valence-electron chi connectivity index (χ4n) is 2.59. The number of nitrogens with zero attached hydrogens (tertiary/aromatic N) is 3. The number of anilines is 1. The number of amides is 2. The van der Waals surface area contributed by atoms with Gasteiger partial charge in [-0.05, 0) is 30.3 Å². The molecule has 10 heteroatoms. The molecule has 4 N–H and O–H groups in total. The van der Waals surface area contributed by atoms with Crippen molar-refractivity contribution in [3.05, 3.63) is 76.7 Å². The van der Waals surface area contributed by atoms with E-state index in [1.54, 1.807) is 42.5 Å². The fourth-order valence-corrected chi connectivity index (χ4v) is 2.59. The standard InChI is InChI=1S/C17H13N7O3/c25-15(10-5-6-13-14(7-10)22-17(27)21-13)20-12-4-2-1-3-11(12)16(26)23-24-8-18-19-9-24/h1-9H,(H,20,25)(H,23,26)(H2,21,22,27). The zero-order valence-electron chi connectivity index (χ0n) is 13.8. The van der Waals surface area contributed by atoms with Crippen LogP contribution in [0.5, 0.6) is 0 Å². The van der Waals surface area contributed by atoms with Crippen LogP contribution in [-0.4, -0.2) is 36.7 Å². The summed E-state index contributed by atoms with van der Waals surface area (Å²) in [5.74, 6) is -0.848. The van der Waals surface area contributed by atoms with E-state index in [0.29, 0.717) is 22.3 Å². The lowest BCUT2D eigenvalue weighted by molar-refractivity contribution is 0.101. The quantitative estimate of drug-likeness (QED) is 0.430. The average Bonchev–Trinajstić information content (AvgIpc) is 3.29. The molecule has 0 bridgehead atoms. The zero-order valence-corrected chi connectivity index (χ0v) is 13.8. The number of hydrogen-bond acceptors (Lipinski definition) is 5. The number of benzene rings is 2. The van der Waals surface area contributed by atoms with Crippen molar-refractivity contribution in [3.8, 4) is 0 Å². The predicted octanol–water partition coefficient (Wildman–Crippen LogP) is 1.08. The molecule has 0 aliphatic rings. The van der Waals surface area contributed by atoms with Crippen LogP contribution in [0, 0.1) is 0 Å². The van der Waals surface area contributed by atoms with Gasteiger partial charge in [0.1, 0.15) is 12.7 Å². The molecule has 2 amide bonds. The van der Waals surface area contributed by atoms with Crippen molar-refractivity contribution in [3.63, 3.8) is 0 Å². The van der Waals surface area contributed by atoms with Gasteiger partial charge in [0, 0.05) is 5.56 Å². The van der Waals surface area contributed by atoms with Crippen molar-refractivity contribution in [2.24, 2.45) is 0 Å². The Labute approximate surface area is 151 Å². The summed E-state index contributed by atoms with van der Waals surface area (Å²) in [6.45, 7) is 0. The Morgan fingerprint density at radius 3 is 2.48 bits per heavy atom. The molecule has 0 saturated carbocycles. The Morgan fingerprint density at radius 1 is 0.926 bits per heavy atom. The second-order valence-electron chi connectivity index (χ2n) is 5.65. The third-order valence-electron chi connectivity index (χ3n) is 3.85. The molecule has 0 atom stereocenters. The van der Waals surface area contributed by atoms with Crippen LogP contribution < -0.4 is 16.4 Å². The van der Waals surface area contributed by atoms with Crippen LogP contribution in [-0.2, 0) is 0 Å². The zero-order chi connectivity index (χ0) is 18.8. The van der Waals surface area contributed by atoms with Gasteiger partial charge in [-0.25, -0.2) is 9.47 Å².